The summed E-state index contributed by atoms with van der Waals surface area (Å²) in [7, 11) is 0. The molecule has 10 heteroatoms. The van der Waals surface area contributed by atoms with Crippen LogP contribution in [0.3, 0.4) is 0 Å². The van der Waals surface area contributed by atoms with Gasteiger partial charge in [-0.3, -0.25) is 14.4 Å². The standard InChI is InChI=1S/C28H30O9.H2O/c1-11-5-4-6-15-20(11)27(34)23-22(25(15)32)26(33)16-8-14(17(30)10-29)9-18(21(16)28(23)35)37-19-7-12(2)24(31)13(3)36-19;/h4-6,12-14,18-19,24,29,31,33,35H,7-10H2,1-3H3;1H2/t12-,13?,14-,18?,19+,24-;/m1./s1. The van der Waals surface area contributed by atoms with E-state index in [0.29, 0.717) is 12.0 Å². The van der Waals surface area contributed by atoms with E-state index in [0.717, 1.165) is 0 Å². The summed E-state index contributed by atoms with van der Waals surface area (Å²) in [5.74, 6) is -3.48. The van der Waals surface area contributed by atoms with Gasteiger partial charge in [0.2, 0.25) is 0 Å². The first kappa shape index (κ1) is 27.9. The molecule has 5 rings (SSSR count). The minimum atomic E-state index is -0.971. The van der Waals surface area contributed by atoms with Crippen LogP contribution in [0.5, 0.6) is 11.5 Å². The van der Waals surface area contributed by atoms with Crippen LogP contribution in [0.25, 0.3) is 0 Å². The van der Waals surface area contributed by atoms with Crippen molar-refractivity contribution in [2.45, 2.75) is 64.6 Å². The monoisotopic (exact) mass is 528 g/mol. The van der Waals surface area contributed by atoms with Crippen molar-refractivity contribution in [3.63, 3.8) is 0 Å². The van der Waals surface area contributed by atoms with Crippen LogP contribution in [0.1, 0.15) is 81.3 Å². The van der Waals surface area contributed by atoms with Crippen molar-refractivity contribution < 1.29 is 49.8 Å². The van der Waals surface area contributed by atoms with E-state index < -0.39 is 66.0 Å². The van der Waals surface area contributed by atoms with Gasteiger partial charge in [-0.1, -0.05) is 25.1 Å². The second-order valence-electron chi connectivity index (χ2n) is 10.4. The number of hydrogen-bond donors (Lipinski definition) is 4. The van der Waals surface area contributed by atoms with Crippen LogP contribution in [0, 0.1) is 18.8 Å². The minimum absolute atomic E-state index is 0. The lowest BCUT2D eigenvalue weighted by molar-refractivity contribution is -0.251. The Morgan fingerprint density at radius 2 is 1.74 bits per heavy atom. The summed E-state index contributed by atoms with van der Waals surface area (Å²) in [6, 6.07) is 4.84. The number of ketones is 3. The number of carbonyl (C=O) groups excluding carboxylic acids is 3. The highest BCUT2D eigenvalue weighted by Crippen LogP contribution is 2.51. The minimum Gasteiger partial charge on any atom is -0.507 e. The Morgan fingerprint density at radius 3 is 2.39 bits per heavy atom. The van der Waals surface area contributed by atoms with Gasteiger partial charge in [-0.05, 0) is 38.2 Å². The number of rotatable bonds is 4. The third-order valence-corrected chi connectivity index (χ3v) is 7.98. The number of aryl methyl sites for hydroxylation is 1. The Balaban J connectivity index is 0.00000336. The first-order chi connectivity index (χ1) is 17.5. The maximum Gasteiger partial charge on any atom is 0.198 e. The average Bonchev–Trinajstić information content (AvgIpc) is 2.86. The van der Waals surface area contributed by atoms with E-state index in [1.54, 1.807) is 26.0 Å². The van der Waals surface area contributed by atoms with Crippen LogP contribution in [-0.4, -0.2) is 68.4 Å². The summed E-state index contributed by atoms with van der Waals surface area (Å²) in [6.07, 6.45) is -2.58. The van der Waals surface area contributed by atoms with Crippen LogP contribution in [0.2, 0.25) is 0 Å². The second kappa shape index (κ2) is 10.2. The Morgan fingerprint density at radius 1 is 1.05 bits per heavy atom. The molecule has 1 heterocycles. The summed E-state index contributed by atoms with van der Waals surface area (Å²) in [4.78, 5) is 39.5. The van der Waals surface area contributed by atoms with Gasteiger partial charge >= 0.3 is 0 Å². The largest absolute Gasteiger partial charge is 0.507 e. The van der Waals surface area contributed by atoms with Crippen LogP contribution in [-0.2, 0) is 20.7 Å². The van der Waals surface area contributed by atoms with Gasteiger partial charge < -0.3 is 35.4 Å². The zero-order valence-electron chi connectivity index (χ0n) is 21.4. The SMILES string of the molecule is Cc1cccc2c1C(=O)c1c(O)c3c(c(O)c1C2=O)C[C@@H](C(=O)CO)CC3O[C@H]1C[C@@H](C)[C@@H](O)C(C)O1.O. The van der Waals surface area contributed by atoms with Crippen LogP contribution < -0.4 is 0 Å². The molecule has 204 valence electrons. The third kappa shape index (κ3) is 4.22. The quantitative estimate of drug-likeness (QED) is 0.366. The molecule has 2 aromatic carbocycles. The number of fused-ring (bicyclic) bond motifs is 3. The first-order valence-corrected chi connectivity index (χ1v) is 12.5. The predicted molar refractivity (Wildman–Crippen MR) is 133 cm³/mol. The molecular weight excluding hydrogens is 496 g/mol. The van der Waals surface area contributed by atoms with Crippen molar-refractivity contribution in [2.75, 3.05) is 6.61 Å². The number of carbonyl (C=O) groups is 3. The molecule has 1 fully saturated rings. The van der Waals surface area contributed by atoms with Crippen LogP contribution >= 0.6 is 0 Å². The molecule has 0 radical (unpaired) electrons. The van der Waals surface area contributed by atoms with Gasteiger partial charge in [-0.2, -0.15) is 0 Å². The zero-order valence-corrected chi connectivity index (χ0v) is 21.4. The number of hydrogen-bond acceptors (Lipinski definition) is 9. The third-order valence-electron chi connectivity index (χ3n) is 7.98. The molecule has 0 bridgehead atoms. The molecule has 0 saturated carbocycles. The maximum atomic E-state index is 13.6. The smallest absolute Gasteiger partial charge is 0.198 e. The van der Waals surface area contributed by atoms with E-state index in [9.17, 15) is 34.8 Å². The molecule has 2 aromatic rings. The molecule has 2 aliphatic carbocycles. The first-order valence-electron chi connectivity index (χ1n) is 12.5. The van der Waals surface area contributed by atoms with E-state index in [1.807, 2.05) is 6.92 Å². The number of phenols is 2. The van der Waals surface area contributed by atoms with Gasteiger partial charge in [0.15, 0.2) is 23.6 Å². The molecule has 6 N–H and O–H groups in total. The highest BCUT2D eigenvalue weighted by atomic mass is 16.7. The summed E-state index contributed by atoms with van der Waals surface area (Å²) in [6.45, 7) is 4.55. The van der Waals surface area contributed by atoms with Crippen LogP contribution in [0.4, 0.5) is 0 Å². The molecule has 3 aliphatic rings. The molecular formula is C28H32O10. The fourth-order valence-electron chi connectivity index (χ4n) is 5.96. The zero-order chi connectivity index (χ0) is 26.8. The highest BCUT2D eigenvalue weighted by molar-refractivity contribution is 6.31. The number of phenolic OH excluding ortho intramolecular Hbond substituents is 2. The Bertz CT molecular complexity index is 1300. The highest BCUT2D eigenvalue weighted by Gasteiger charge is 2.44. The number of aromatic hydroxyl groups is 2. The van der Waals surface area contributed by atoms with Gasteiger partial charge in [-0.15, -0.1) is 0 Å². The molecule has 38 heavy (non-hydrogen) atoms. The lowest BCUT2D eigenvalue weighted by atomic mass is 9.73. The number of ether oxygens (including phenoxy) is 2. The molecule has 0 spiro atoms. The van der Waals surface area contributed by atoms with Gasteiger partial charge in [0.1, 0.15) is 18.1 Å². The van der Waals surface area contributed by atoms with Crippen LogP contribution in [0.15, 0.2) is 18.2 Å². The van der Waals surface area contributed by atoms with Gasteiger partial charge in [0.05, 0.1) is 29.4 Å². The molecule has 6 atom stereocenters. The number of benzene rings is 2. The van der Waals surface area contributed by atoms with Crippen molar-refractivity contribution >= 4 is 17.3 Å². The van der Waals surface area contributed by atoms with E-state index >= 15 is 0 Å². The Labute approximate surface area is 219 Å². The summed E-state index contributed by atoms with van der Waals surface area (Å²) < 4.78 is 12.0. The van der Waals surface area contributed by atoms with Crippen molar-refractivity contribution in [1.82, 2.24) is 0 Å². The summed E-state index contributed by atoms with van der Waals surface area (Å²) in [5, 5.41) is 42.5. The van der Waals surface area contributed by atoms with Crippen molar-refractivity contribution in [3.8, 4) is 11.5 Å². The number of aliphatic hydroxyl groups excluding tert-OH is 2. The molecule has 0 amide bonds. The van der Waals surface area contributed by atoms with Crippen molar-refractivity contribution in [1.29, 1.82) is 0 Å². The topological polar surface area (TPSA) is 182 Å². The normalized spacial score (nSPS) is 28.1. The second-order valence-corrected chi connectivity index (χ2v) is 10.4. The van der Waals surface area contributed by atoms with E-state index in [1.165, 1.54) is 6.07 Å². The fourth-order valence-corrected chi connectivity index (χ4v) is 5.96. The lowest BCUT2D eigenvalue weighted by Gasteiger charge is -2.40. The lowest BCUT2D eigenvalue weighted by Crippen LogP contribution is -2.44. The van der Waals surface area contributed by atoms with E-state index in [4.69, 9.17) is 9.47 Å². The Kier molecular flexibility index (Phi) is 7.48. The van der Waals surface area contributed by atoms with Gasteiger partial charge in [0.25, 0.3) is 0 Å². The summed E-state index contributed by atoms with van der Waals surface area (Å²) in [5.41, 5.74) is 0.552. The predicted octanol–water partition coefficient (Wildman–Crippen LogP) is 1.67. The van der Waals surface area contributed by atoms with Gasteiger partial charge in [0, 0.05) is 34.6 Å². The van der Waals surface area contributed by atoms with Crippen molar-refractivity contribution in [3.05, 3.63) is 57.1 Å². The fraction of sp³-hybridized carbons (Fsp3) is 0.464. The Hall–Kier alpha value is -3.15. The van der Waals surface area contributed by atoms with E-state index in [2.05, 4.69) is 0 Å². The van der Waals surface area contributed by atoms with E-state index in [-0.39, 0.29) is 57.6 Å². The number of aliphatic hydroxyl groups is 2. The molecule has 1 saturated heterocycles. The maximum absolute atomic E-state index is 13.6. The molecule has 10 nitrogen and oxygen atoms in total. The number of Topliss-reactive ketones (excluding diaryl/α,β-unsaturated/α-hetero) is 1. The average molecular weight is 529 g/mol. The summed E-state index contributed by atoms with van der Waals surface area (Å²) >= 11 is 0. The molecule has 1 aliphatic heterocycles. The molecule has 0 aromatic heterocycles. The van der Waals surface area contributed by atoms with Gasteiger partial charge in [-0.25, -0.2) is 0 Å². The molecule has 2 unspecified atom stereocenters. The van der Waals surface area contributed by atoms with Crippen molar-refractivity contribution in [2.24, 2.45) is 11.8 Å².